The molecule has 3 rings (SSSR count). The first-order chi connectivity index (χ1) is 10.3. The average Bonchev–Trinajstić information content (AvgIpc) is 2.94. The van der Waals surface area contributed by atoms with E-state index in [0.29, 0.717) is 5.95 Å². The molecule has 0 aliphatic rings. The predicted molar refractivity (Wildman–Crippen MR) is 93.6 cm³/mol. The topological polar surface area (TPSA) is 49.8 Å². The van der Waals surface area contributed by atoms with Crippen LogP contribution in [-0.4, -0.2) is 16.5 Å². The first kappa shape index (κ1) is 14.3. The van der Waals surface area contributed by atoms with Gasteiger partial charge >= 0.3 is 0 Å². The lowest BCUT2D eigenvalue weighted by atomic mass is 10.3. The molecule has 2 heterocycles. The highest BCUT2D eigenvalue weighted by molar-refractivity contribution is 9.10. The number of benzene rings is 1. The number of hydrogen-bond acceptors (Lipinski definition) is 5. The zero-order chi connectivity index (χ0) is 14.7. The summed E-state index contributed by atoms with van der Waals surface area (Å²) in [6.45, 7) is 2.99. The lowest BCUT2D eigenvalue weighted by Gasteiger charge is -2.10. The number of fused-ring (bicyclic) bond motifs is 1. The zero-order valence-electron chi connectivity index (χ0n) is 11.6. The summed E-state index contributed by atoms with van der Waals surface area (Å²) in [5, 5.41) is 9.71. The van der Waals surface area contributed by atoms with Crippen LogP contribution < -0.4 is 10.6 Å². The van der Waals surface area contributed by atoms with Gasteiger partial charge in [-0.2, -0.15) is 4.98 Å². The van der Waals surface area contributed by atoms with Crippen molar-refractivity contribution < 1.29 is 0 Å². The van der Waals surface area contributed by atoms with Gasteiger partial charge in [0.25, 0.3) is 0 Å². The van der Waals surface area contributed by atoms with E-state index in [1.807, 2.05) is 35.7 Å². The first-order valence-corrected chi connectivity index (χ1v) is 8.45. The van der Waals surface area contributed by atoms with Crippen molar-refractivity contribution >= 4 is 54.9 Å². The zero-order valence-corrected chi connectivity index (χ0v) is 14.0. The van der Waals surface area contributed by atoms with E-state index in [0.717, 1.165) is 39.2 Å². The number of hydrogen-bond donors (Lipinski definition) is 2. The van der Waals surface area contributed by atoms with Crippen LogP contribution in [-0.2, 0) is 0 Å². The fourth-order valence-corrected chi connectivity index (χ4v) is 3.13. The standard InChI is InChI=1S/C15H15BrN4S/c1-2-7-17-15-19-13(12-6-8-21-14(12)20-15)18-11-5-3-4-10(16)9-11/h3-6,8-9H,2,7H2,1H3,(H2,17,18,19,20). The van der Waals surface area contributed by atoms with Crippen LogP contribution in [0.3, 0.4) is 0 Å². The van der Waals surface area contributed by atoms with Gasteiger partial charge in [-0.15, -0.1) is 11.3 Å². The molecule has 1 aromatic carbocycles. The van der Waals surface area contributed by atoms with Gasteiger partial charge in [0.1, 0.15) is 10.6 Å². The SMILES string of the molecule is CCCNc1nc(Nc2cccc(Br)c2)c2ccsc2n1. The Morgan fingerprint density at radius 3 is 2.95 bits per heavy atom. The first-order valence-electron chi connectivity index (χ1n) is 6.78. The summed E-state index contributed by atoms with van der Waals surface area (Å²) in [5.74, 6) is 1.50. The van der Waals surface area contributed by atoms with Gasteiger partial charge in [-0.1, -0.05) is 28.9 Å². The van der Waals surface area contributed by atoms with Gasteiger partial charge < -0.3 is 10.6 Å². The Balaban J connectivity index is 1.97. The normalized spacial score (nSPS) is 10.8. The van der Waals surface area contributed by atoms with Gasteiger partial charge in [-0.3, -0.25) is 0 Å². The molecule has 0 aliphatic heterocycles. The lowest BCUT2D eigenvalue weighted by Crippen LogP contribution is -2.06. The number of anilines is 3. The van der Waals surface area contributed by atoms with Crippen LogP contribution in [0.5, 0.6) is 0 Å². The van der Waals surface area contributed by atoms with Crippen LogP contribution in [0.25, 0.3) is 10.2 Å². The highest BCUT2D eigenvalue weighted by Crippen LogP contribution is 2.29. The second-order valence-corrected chi connectivity index (χ2v) is 6.41. The highest BCUT2D eigenvalue weighted by atomic mass is 79.9. The molecule has 0 amide bonds. The van der Waals surface area contributed by atoms with Gasteiger partial charge in [-0.25, -0.2) is 4.98 Å². The Bertz CT molecular complexity index is 756. The van der Waals surface area contributed by atoms with Crippen molar-refractivity contribution in [1.82, 2.24) is 9.97 Å². The van der Waals surface area contributed by atoms with Gasteiger partial charge in [-0.05, 0) is 36.1 Å². The third-order valence-electron chi connectivity index (χ3n) is 2.95. The minimum Gasteiger partial charge on any atom is -0.354 e. The number of thiophene rings is 1. The summed E-state index contributed by atoms with van der Waals surface area (Å²) in [7, 11) is 0. The largest absolute Gasteiger partial charge is 0.354 e. The summed E-state index contributed by atoms with van der Waals surface area (Å²) in [6, 6.07) is 10.1. The van der Waals surface area contributed by atoms with E-state index in [2.05, 4.69) is 43.5 Å². The van der Waals surface area contributed by atoms with E-state index in [9.17, 15) is 0 Å². The Morgan fingerprint density at radius 2 is 2.14 bits per heavy atom. The molecule has 6 heteroatoms. The van der Waals surface area contributed by atoms with Gasteiger partial charge in [0.15, 0.2) is 0 Å². The number of halogens is 1. The molecule has 108 valence electrons. The molecule has 2 aromatic heterocycles. The summed E-state index contributed by atoms with van der Waals surface area (Å²) < 4.78 is 1.03. The highest BCUT2D eigenvalue weighted by Gasteiger charge is 2.09. The molecule has 0 unspecified atom stereocenters. The monoisotopic (exact) mass is 362 g/mol. The molecule has 0 aliphatic carbocycles. The quantitative estimate of drug-likeness (QED) is 0.668. The average molecular weight is 363 g/mol. The molecule has 0 radical (unpaired) electrons. The Morgan fingerprint density at radius 1 is 1.24 bits per heavy atom. The van der Waals surface area contributed by atoms with Crippen molar-refractivity contribution in [3.8, 4) is 0 Å². The Kier molecular flexibility index (Phi) is 4.36. The number of nitrogens with zero attached hydrogens (tertiary/aromatic N) is 2. The predicted octanol–water partition coefficient (Wildman–Crippen LogP) is 5.02. The van der Waals surface area contributed by atoms with Crippen molar-refractivity contribution in [3.63, 3.8) is 0 Å². The summed E-state index contributed by atoms with van der Waals surface area (Å²) in [5.41, 5.74) is 0.997. The molecular formula is C15H15BrN4S. The van der Waals surface area contributed by atoms with E-state index in [1.54, 1.807) is 11.3 Å². The molecule has 0 bridgehead atoms. The third-order valence-corrected chi connectivity index (χ3v) is 4.25. The fraction of sp³-hybridized carbons (Fsp3) is 0.200. The summed E-state index contributed by atoms with van der Waals surface area (Å²) >= 11 is 5.11. The van der Waals surface area contributed by atoms with Gasteiger partial charge in [0.05, 0.1) is 5.39 Å². The van der Waals surface area contributed by atoms with Crippen molar-refractivity contribution in [2.24, 2.45) is 0 Å². The van der Waals surface area contributed by atoms with Crippen LogP contribution in [0, 0.1) is 0 Å². The van der Waals surface area contributed by atoms with Crippen LogP contribution in [0.2, 0.25) is 0 Å². The molecule has 0 saturated carbocycles. The Hall–Kier alpha value is -1.66. The van der Waals surface area contributed by atoms with E-state index in [-0.39, 0.29) is 0 Å². The Labute approximate surface area is 135 Å². The van der Waals surface area contributed by atoms with Crippen LogP contribution in [0.4, 0.5) is 17.5 Å². The third kappa shape index (κ3) is 3.33. The van der Waals surface area contributed by atoms with E-state index < -0.39 is 0 Å². The molecule has 3 aromatic rings. The molecule has 0 saturated heterocycles. The van der Waals surface area contributed by atoms with Crippen molar-refractivity contribution in [3.05, 3.63) is 40.2 Å². The molecule has 0 atom stereocenters. The maximum absolute atomic E-state index is 4.59. The molecule has 0 spiro atoms. The van der Waals surface area contributed by atoms with Gasteiger partial charge in [0.2, 0.25) is 5.95 Å². The van der Waals surface area contributed by atoms with E-state index in [1.165, 1.54) is 0 Å². The summed E-state index contributed by atoms with van der Waals surface area (Å²) in [6.07, 6.45) is 1.04. The maximum Gasteiger partial charge on any atom is 0.226 e. The molecular weight excluding hydrogens is 348 g/mol. The van der Waals surface area contributed by atoms with Crippen molar-refractivity contribution in [2.75, 3.05) is 17.2 Å². The van der Waals surface area contributed by atoms with Gasteiger partial charge in [0, 0.05) is 16.7 Å². The van der Waals surface area contributed by atoms with E-state index in [4.69, 9.17) is 0 Å². The molecule has 2 N–H and O–H groups in total. The minimum absolute atomic E-state index is 0.671. The smallest absolute Gasteiger partial charge is 0.226 e. The second-order valence-electron chi connectivity index (χ2n) is 4.60. The molecule has 0 fully saturated rings. The summed E-state index contributed by atoms with van der Waals surface area (Å²) in [4.78, 5) is 10.1. The molecule has 21 heavy (non-hydrogen) atoms. The number of nitrogens with one attached hydrogen (secondary N) is 2. The van der Waals surface area contributed by atoms with Crippen LogP contribution in [0.15, 0.2) is 40.2 Å². The van der Waals surface area contributed by atoms with E-state index >= 15 is 0 Å². The van der Waals surface area contributed by atoms with Crippen molar-refractivity contribution in [2.45, 2.75) is 13.3 Å². The molecule has 4 nitrogen and oxygen atoms in total. The van der Waals surface area contributed by atoms with Crippen LogP contribution in [0.1, 0.15) is 13.3 Å². The lowest BCUT2D eigenvalue weighted by molar-refractivity contribution is 0.958. The number of rotatable bonds is 5. The number of aromatic nitrogens is 2. The minimum atomic E-state index is 0.671. The van der Waals surface area contributed by atoms with Crippen LogP contribution >= 0.6 is 27.3 Å². The fourth-order valence-electron chi connectivity index (χ4n) is 1.97. The second kappa shape index (κ2) is 6.41. The maximum atomic E-state index is 4.59. The van der Waals surface area contributed by atoms with Crippen molar-refractivity contribution in [1.29, 1.82) is 0 Å².